The van der Waals surface area contributed by atoms with Crippen molar-refractivity contribution in [3.05, 3.63) is 63.3 Å². The van der Waals surface area contributed by atoms with Crippen LogP contribution in [0.4, 0.5) is 0 Å². The minimum Gasteiger partial charge on any atom is -0.495 e. The molecule has 13 heteroatoms. The van der Waals surface area contributed by atoms with E-state index in [0.717, 1.165) is 11.5 Å². The van der Waals surface area contributed by atoms with Crippen molar-refractivity contribution in [2.24, 2.45) is 5.14 Å². The number of nitrogens with one attached hydrogen (secondary N) is 1. The van der Waals surface area contributed by atoms with E-state index in [9.17, 15) is 18.0 Å². The van der Waals surface area contributed by atoms with E-state index in [0.29, 0.717) is 53.6 Å². The van der Waals surface area contributed by atoms with Gasteiger partial charge in [-0.2, -0.15) is 8.42 Å². The van der Waals surface area contributed by atoms with E-state index in [-0.39, 0.29) is 18.1 Å². The van der Waals surface area contributed by atoms with Crippen LogP contribution in [0, 0.1) is 13.8 Å². The zero-order valence-corrected chi connectivity index (χ0v) is 22.4. The van der Waals surface area contributed by atoms with Gasteiger partial charge in [0.05, 0.1) is 31.0 Å². The Morgan fingerprint density at radius 3 is 2.57 bits per heavy atom. The molecule has 3 heterocycles. The number of nitrogens with two attached hydrogens (primary N) is 1. The second-order valence-corrected chi connectivity index (χ2v) is 11.6. The van der Waals surface area contributed by atoms with Crippen LogP contribution in [-0.4, -0.2) is 48.8 Å². The summed E-state index contributed by atoms with van der Waals surface area (Å²) in [6.45, 7) is 4.15. The maximum absolute atomic E-state index is 13.9. The highest BCUT2D eigenvalue weighted by Crippen LogP contribution is 2.49. The lowest BCUT2D eigenvalue weighted by Crippen LogP contribution is -2.40. The summed E-state index contributed by atoms with van der Waals surface area (Å²) >= 11 is 1.23. The molecule has 3 N–H and O–H groups in total. The number of rotatable bonds is 11. The zero-order valence-electron chi connectivity index (χ0n) is 20.8. The molecule has 0 saturated heterocycles. The smallest absolute Gasteiger partial charge is 0.299 e. The van der Waals surface area contributed by atoms with Gasteiger partial charge >= 0.3 is 0 Å². The standard InChI is InChI=1S/C24H29N5O6S2/c1-15-6-7-17(35-15)5-4-12-29(14-20-27-21(16(2)36-20)22(30)28-37(25,32)33)23(31)24(10-11-24)19-9-8-18(34-3)13-26-19/h6-9,13H,4-5,10-12,14H2,1-3H3,(H,28,30)(H2,25,32,33). The molecule has 11 nitrogen and oxygen atoms in total. The molecule has 0 bridgehead atoms. The summed E-state index contributed by atoms with van der Waals surface area (Å²) in [5, 5.41) is 5.44. The van der Waals surface area contributed by atoms with Crippen LogP contribution in [-0.2, 0) is 33.4 Å². The molecular weight excluding hydrogens is 518 g/mol. The Hall–Kier alpha value is -3.29. The lowest BCUT2D eigenvalue weighted by Gasteiger charge is -2.26. The van der Waals surface area contributed by atoms with Gasteiger partial charge in [-0.1, -0.05) is 0 Å². The van der Waals surface area contributed by atoms with E-state index in [4.69, 9.17) is 14.3 Å². The van der Waals surface area contributed by atoms with Gasteiger partial charge in [-0.25, -0.2) is 14.8 Å². The van der Waals surface area contributed by atoms with Gasteiger partial charge in [0, 0.05) is 17.8 Å². The summed E-state index contributed by atoms with van der Waals surface area (Å²) in [6.07, 6.45) is 4.28. The fourth-order valence-corrected chi connectivity index (χ4v) is 5.48. The van der Waals surface area contributed by atoms with Crippen molar-refractivity contribution in [3.63, 3.8) is 0 Å². The Bertz CT molecular complexity index is 1390. The lowest BCUT2D eigenvalue weighted by atomic mass is 9.99. The van der Waals surface area contributed by atoms with E-state index >= 15 is 0 Å². The van der Waals surface area contributed by atoms with E-state index in [1.54, 1.807) is 35.9 Å². The van der Waals surface area contributed by atoms with Gasteiger partial charge in [-0.15, -0.1) is 11.3 Å². The number of aryl methyl sites for hydroxylation is 3. The monoisotopic (exact) mass is 547 g/mol. The van der Waals surface area contributed by atoms with Crippen LogP contribution >= 0.6 is 11.3 Å². The van der Waals surface area contributed by atoms with Crippen molar-refractivity contribution in [1.29, 1.82) is 0 Å². The van der Waals surface area contributed by atoms with Crippen LogP contribution in [0.15, 0.2) is 34.9 Å². The van der Waals surface area contributed by atoms with Gasteiger partial charge < -0.3 is 14.1 Å². The average Bonchev–Trinajstić information content (AvgIpc) is 3.42. The molecule has 37 heavy (non-hydrogen) atoms. The molecule has 3 aromatic rings. The molecular formula is C24H29N5O6S2. The molecule has 2 amide bonds. The van der Waals surface area contributed by atoms with Crippen molar-refractivity contribution in [2.75, 3.05) is 13.7 Å². The topological polar surface area (TPSA) is 158 Å². The number of hydrogen-bond donors (Lipinski definition) is 2. The van der Waals surface area contributed by atoms with Gasteiger partial charge in [-0.3, -0.25) is 14.6 Å². The summed E-state index contributed by atoms with van der Waals surface area (Å²) in [6, 6.07) is 7.43. The normalized spacial score (nSPS) is 14.3. The van der Waals surface area contributed by atoms with Gasteiger partial charge in [0.1, 0.15) is 28.0 Å². The molecule has 4 rings (SSSR count). The first-order valence-electron chi connectivity index (χ1n) is 11.7. The van der Waals surface area contributed by atoms with Crippen LogP contribution in [0.3, 0.4) is 0 Å². The number of methoxy groups -OCH3 is 1. The van der Waals surface area contributed by atoms with Crippen LogP contribution in [0.5, 0.6) is 5.75 Å². The van der Waals surface area contributed by atoms with Crippen molar-refractivity contribution in [2.45, 2.75) is 51.5 Å². The number of pyridine rings is 1. The molecule has 3 aromatic heterocycles. The highest BCUT2D eigenvalue weighted by Gasteiger charge is 2.54. The first kappa shape index (κ1) is 26.8. The van der Waals surface area contributed by atoms with E-state index in [1.807, 2.05) is 25.1 Å². The van der Waals surface area contributed by atoms with Crippen molar-refractivity contribution < 1.29 is 27.2 Å². The number of aromatic nitrogens is 2. The molecule has 0 unspecified atom stereocenters. The first-order valence-corrected chi connectivity index (χ1v) is 14.0. The van der Waals surface area contributed by atoms with Gasteiger partial charge in [-0.05, 0) is 57.4 Å². The Morgan fingerprint density at radius 1 is 1.24 bits per heavy atom. The quantitative estimate of drug-likeness (QED) is 0.370. The minimum absolute atomic E-state index is 0.0366. The van der Waals surface area contributed by atoms with E-state index in [1.165, 1.54) is 11.3 Å². The van der Waals surface area contributed by atoms with Crippen molar-refractivity contribution in [1.82, 2.24) is 19.6 Å². The molecule has 198 valence electrons. The van der Waals surface area contributed by atoms with Crippen LogP contribution in [0.25, 0.3) is 0 Å². The molecule has 1 aliphatic rings. The summed E-state index contributed by atoms with van der Waals surface area (Å²) in [5.41, 5.74) is -0.0628. The maximum Gasteiger partial charge on any atom is 0.299 e. The predicted octanol–water partition coefficient (Wildman–Crippen LogP) is 2.38. The molecule has 1 aliphatic carbocycles. The Labute approximate surface area is 219 Å². The summed E-state index contributed by atoms with van der Waals surface area (Å²) in [4.78, 5) is 37.3. The third kappa shape index (κ3) is 6.35. The molecule has 1 fully saturated rings. The largest absolute Gasteiger partial charge is 0.495 e. The number of amides is 2. The third-order valence-electron chi connectivity index (χ3n) is 6.17. The molecule has 0 atom stereocenters. The number of nitrogens with zero attached hydrogens (tertiary/aromatic N) is 3. The SMILES string of the molecule is COc1ccc(C2(C(=O)N(CCCc3ccc(C)o3)Cc3nc(C(=O)NS(N)(=O)=O)c(C)s3)CC2)nc1. The summed E-state index contributed by atoms with van der Waals surface area (Å²) < 4.78 is 35.1. The first-order chi connectivity index (χ1) is 17.5. The second-order valence-electron chi connectivity index (χ2n) is 9.00. The number of hydrogen-bond acceptors (Lipinski definition) is 9. The lowest BCUT2D eigenvalue weighted by molar-refractivity contribution is -0.134. The van der Waals surface area contributed by atoms with Crippen molar-refractivity contribution in [3.8, 4) is 5.75 Å². The Balaban J connectivity index is 1.55. The zero-order chi connectivity index (χ0) is 26.8. The molecule has 0 radical (unpaired) electrons. The second kappa shape index (κ2) is 10.6. The average molecular weight is 548 g/mol. The summed E-state index contributed by atoms with van der Waals surface area (Å²) in [7, 11) is -2.66. The van der Waals surface area contributed by atoms with Gasteiger partial charge in [0.25, 0.3) is 16.1 Å². The highest BCUT2D eigenvalue weighted by atomic mass is 32.2. The van der Waals surface area contributed by atoms with Gasteiger partial charge in [0.2, 0.25) is 5.91 Å². The number of furan rings is 1. The van der Waals surface area contributed by atoms with Crippen LogP contribution < -0.4 is 14.6 Å². The van der Waals surface area contributed by atoms with E-state index < -0.39 is 21.5 Å². The van der Waals surface area contributed by atoms with Crippen LogP contribution in [0.1, 0.15) is 56.9 Å². The van der Waals surface area contributed by atoms with Crippen LogP contribution in [0.2, 0.25) is 0 Å². The fourth-order valence-electron chi connectivity index (χ4n) is 4.18. The number of carbonyl (C=O) groups is 2. The third-order valence-corrected chi connectivity index (χ3v) is 7.60. The fraction of sp³-hybridized carbons (Fsp3) is 0.417. The molecule has 0 aromatic carbocycles. The maximum atomic E-state index is 13.9. The summed E-state index contributed by atoms with van der Waals surface area (Å²) in [5.74, 6) is 1.31. The van der Waals surface area contributed by atoms with Crippen molar-refractivity contribution >= 4 is 33.4 Å². The molecule has 0 aliphatic heterocycles. The number of ether oxygens (including phenoxy) is 1. The highest BCUT2D eigenvalue weighted by molar-refractivity contribution is 7.87. The van der Waals surface area contributed by atoms with Gasteiger partial charge in [0.15, 0.2) is 0 Å². The Kier molecular flexibility index (Phi) is 7.67. The number of thiazole rings is 1. The molecule has 1 saturated carbocycles. The Morgan fingerprint density at radius 2 is 2.00 bits per heavy atom. The minimum atomic E-state index is -4.22. The number of carbonyl (C=O) groups excluding carboxylic acids is 2. The molecule has 0 spiro atoms. The van der Waals surface area contributed by atoms with E-state index in [2.05, 4.69) is 9.97 Å². The predicted molar refractivity (Wildman–Crippen MR) is 136 cm³/mol.